The van der Waals surface area contributed by atoms with Crippen molar-refractivity contribution >= 4 is 17.6 Å². The lowest BCUT2D eigenvalue weighted by Crippen LogP contribution is -2.28. The van der Waals surface area contributed by atoms with Crippen molar-refractivity contribution in [1.29, 1.82) is 0 Å². The second kappa shape index (κ2) is 5.05. The van der Waals surface area contributed by atoms with Gasteiger partial charge in [0.05, 0.1) is 11.6 Å². The number of rotatable bonds is 3. The number of hydrogen-bond acceptors (Lipinski definition) is 3. The number of aryl methyl sites for hydroxylation is 1. The molecule has 108 valence electrons. The molecule has 1 atom stereocenters. The van der Waals surface area contributed by atoms with Crippen LogP contribution in [0.5, 0.6) is 0 Å². The van der Waals surface area contributed by atoms with Gasteiger partial charge in [-0.3, -0.25) is 19.6 Å². The third-order valence-corrected chi connectivity index (χ3v) is 3.73. The van der Waals surface area contributed by atoms with Crippen molar-refractivity contribution in [3.63, 3.8) is 0 Å². The Kier molecular flexibility index (Phi) is 3.21. The fourth-order valence-electron chi connectivity index (χ4n) is 2.45. The molecule has 1 aromatic carbocycles. The minimum absolute atomic E-state index is 0.124. The fourth-order valence-corrected chi connectivity index (χ4v) is 2.45. The number of amides is 2. The molecule has 1 aliphatic rings. The van der Waals surface area contributed by atoms with Gasteiger partial charge in [0, 0.05) is 19.0 Å². The van der Waals surface area contributed by atoms with E-state index in [2.05, 4.69) is 10.2 Å². The molecule has 0 aliphatic carbocycles. The minimum atomic E-state index is -0.444. The number of anilines is 1. The van der Waals surface area contributed by atoms with E-state index < -0.39 is 11.8 Å². The number of nitrogens with zero attached hydrogens (tertiary/aromatic N) is 2. The number of nitrogens with one attached hydrogen (secondary N) is 1. The number of aromatic amines is 1. The Morgan fingerprint density at radius 2 is 2.10 bits per heavy atom. The van der Waals surface area contributed by atoms with Crippen LogP contribution in [-0.2, 0) is 9.59 Å². The van der Waals surface area contributed by atoms with Crippen molar-refractivity contribution in [3.05, 3.63) is 35.9 Å². The van der Waals surface area contributed by atoms with E-state index in [1.165, 1.54) is 10.5 Å². The Hall–Kier alpha value is -2.63. The highest BCUT2D eigenvalue weighted by Crippen LogP contribution is 2.27. The fraction of sp³-hybridized carbons (Fsp3) is 0.267. The van der Waals surface area contributed by atoms with Gasteiger partial charge in [-0.1, -0.05) is 29.8 Å². The van der Waals surface area contributed by atoms with Crippen LogP contribution in [0.1, 0.15) is 12.0 Å². The van der Waals surface area contributed by atoms with E-state index in [1.807, 2.05) is 37.3 Å². The standard InChI is InChI=1S/C15H16N4O2/c1-9-2-4-10(5-3-9)12-7-13(18-17-12)19-8-11(15(16)21)6-14(19)20/h2-5,7,11H,6,8H2,1H3,(H2,16,21)(H,17,18). The number of carbonyl (C=O) groups excluding carboxylic acids is 2. The topological polar surface area (TPSA) is 92.1 Å². The highest BCUT2D eigenvalue weighted by atomic mass is 16.2. The van der Waals surface area contributed by atoms with E-state index >= 15 is 0 Å². The summed E-state index contributed by atoms with van der Waals surface area (Å²) in [5.74, 6) is -0.475. The maximum atomic E-state index is 11.9. The van der Waals surface area contributed by atoms with E-state index in [9.17, 15) is 9.59 Å². The number of carbonyl (C=O) groups is 2. The van der Waals surface area contributed by atoms with Gasteiger partial charge in [-0.15, -0.1) is 0 Å². The van der Waals surface area contributed by atoms with E-state index in [-0.39, 0.29) is 12.3 Å². The second-order valence-electron chi connectivity index (χ2n) is 5.31. The van der Waals surface area contributed by atoms with Crippen LogP contribution in [0.3, 0.4) is 0 Å². The molecule has 0 spiro atoms. The number of benzene rings is 1. The minimum Gasteiger partial charge on any atom is -0.369 e. The van der Waals surface area contributed by atoms with Crippen molar-refractivity contribution in [1.82, 2.24) is 10.2 Å². The average molecular weight is 284 g/mol. The van der Waals surface area contributed by atoms with Crippen LogP contribution in [0.15, 0.2) is 30.3 Å². The molecule has 21 heavy (non-hydrogen) atoms. The Morgan fingerprint density at radius 1 is 1.38 bits per heavy atom. The van der Waals surface area contributed by atoms with Crippen LogP contribution >= 0.6 is 0 Å². The summed E-state index contributed by atoms with van der Waals surface area (Å²) in [6.07, 6.45) is 0.155. The summed E-state index contributed by atoms with van der Waals surface area (Å²) in [6.45, 7) is 2.32. The van der Waals surface area contributed by atoms with Gasteiger partial charge in [0.15, 0.2) is 5.82 Å². The predicted octanol–water partition coefficient (Wildman–Crippen LogP) is 1.22. The van der Waals surface area contributed by atoms with E-state index in [4.69, 9.17) is 5.73 Å². The monoisotopic (exact) mass is 284 g/mol. The first-order valence-corrected chi connectivity index (χ1v) is 6.77. The summed E-state index contributed by atoms with van der Waals surface area (Å²) in [5.41, 5.74) is 8.27. The van der Waals surface area contributed by atoms with Crippen LogP contribution in [0.4, 0.5) is 5.82 Å². The zero-order valence-corrected chi connectivity index (χ0v) is 11.7. The van der Waals surface area contributed by atoms with Gasteiger partial charge in [0.1, 0.15) is 0 Å². The number of aromatic nitrogens is 2. The molecule has 2 amide bonds. The van der Waals surface area contributed by atoms with Gasteiger partial charge in [0.25, 0.3) is 0 Å². The zero-order chi connectivity index (χ0) is 15.0. The molecule has 0 bridgehead atoms. The molecule has 1 unspecified atom stereocenters. The van der Waals surface area contributed by atoms with Crippen molar-refractivity contribution in [3.8, 4) is 11.3 Å². The Morgan fingerprint density at radius 3 is 2.71 bits per heavy atom. The molecule has 3 N–H and O–H groups in total. The van der Waals surface area contributed by atoms with Gasteiger partial charge in [0.2, 0.25) is 11.8 Å². The first-order valence-electron chi connectivity index (χ1n) is 6.77. The van der Waals surface area contributed by atoms with Crippen LogP contribution < -0.4 is 10.6 Å². The number of hydrogen-bond donors (Lipinski definition) is 2. The van der Waals surface area contributed by atoms with Gasteiger partial charge < -0.3 is 5.73 Å². The largest absolute Gasteiger partial charge is 0.369 e. The highest BCUT2D eigenvalue weighted by Gasteiger charge is 2.35. The Labute approximate surface area is 121 Å². The Bertz CT molecular complexity index is 690. The third kappa shape index (κ3) is 2.52. The molecule has 0 radical (unpaired) electrons. The van der Waals surface area contributed by atoms with Gasteiger partial charge in [-0.2, -0.15) is 5.10 Å². The molecular weight excluding hydrogens is 268 g/mol. The first-order chi connectivity index (χ1) is 10.0. The molecule has 1 saturated heterocycles. The van der Waals surface area contributed by atoms with Crippen LogP contribution in [-0.4, -0.2) is 28.6 Å². The molecule has 2 aromatic rings. The van der Waals surface area contributed by atoms with Crippen LogP contribution in [0, 0.1) is 12.8 Å². The van der Waals surface area contributed by atoms with Gasteiger partial charge in [-0.05, 0) is 12.5 Å². The normalized spacial score (nSPS) is 18.2. The van der Waals surface area contributed by atoms with Crippen molar-refractivity contribution in [2.24, 2.45) is 11.7 Å². The van der Waals surface area contributed by atoms with E-state index in [1.54, 1.807) is 0 Å². The summed E-state index contributed by atoms with van der Waals surface area (Å²) in [6, 6.07) is 9.82. The molecule has 1 aliphatic heterocycles. The van der Waals surface area contributed by atoms with Gasteiger partial charge in [-0.25, -0.2) is 0 Å². The average Bonchev–Trinajstić information content (AvgIpc) is 3.06. The van der Waals surface area contributed by atoms with Crippen molar-refractivity contribution in [2.75, 3.05) is 11.4 Å². The first kappa shape index (κ1) is 13.4. The van der Waals surface area contributed by atoms with Crippen molar-refractivity contribution < 1.29 is 9.59 Å². The van der Waals surface area contributed by atoms with Crippen molar-refractivity contribution in [2.45, 2.75) is 13.3 Å². The summed E-state index contributed by atoms with van der Waals surface area (Å²) >= 11 is 0. The lowest BCUT2D eigenvalue weighted by molar-refractivity contribution is -0.123. The summed E-state index contributed by atoms with van der Waals surface area (Å²) in [5, 5.41) is 7.09. The molecule has 1 fully saturated rings. The van der Waals surface area contributed by atoms with Crippen LogP contribution in [0.25, 0.3) is 11.3 Å². The number of H-pyrrole nitrogens is 1. The second-order valence-corrected chi connectivity index (χ2v) is 5.31. The summed E-state index contributed by atoms with van der Waals surface area (Å²) < 4.78 is 0. The number of nitrogens with two attached hydrogens (primary N) is 1. The SMILES string of the molecule is Cc1ccc(-c2cc(N3CC(C(N)=O)CC3=O)n[nH]2)cc1. The maximum Gasteiger partial charge on any atom is 0.229 e. The Balaban J connectivity index is 1.84. The predicted molar refractivity (Wildman–Crippen MR) is 78.4 cm³/mol. The molecule has 6 heteroatoms. The highest BCUT2D eigenvalue weighted by molar-refractivity contribution is 5.99. The summed E-state index contributed by atoms with van der Waals surface area (Å²) in [7, 11) is 0. The zero-order valence-electron chi connectivity index (χ0n) is 11.7. The van der Waals surface area contributed by atoms with E-state index in [0.717, 1.165) is 11.3 Å². The van der Waals surface area contributed by atoms with Crippen LogP contribution in [0.2, 0.25) is 0 Å². The molecule has 2 heterocycles. The molecule has 0 saturated carbocycles. The quantitative estimate of drug-likeness (QED) is 0.887. The van der Waals surface area contributed by atoms with E-state index in [0.29, 0.717) is 12.4 Å². The molecule has 1 aromatic heterocycles. The lowest BCUT2D eigenvalue weighted by atomic mass is 10.1. The number of primary amides is 1. The maximum absolute atomic E-state index is 11.9. The molecular formula is C15H16N4O2. The lowest BCUT2D eigenvalue weighted by Gasteiger charge is -2.11. The van der Waals surface area contributed by atoms with Gasteiger partial charge >= 0.3 is 0 Å². The summed E-state index contributed by atoms with van der Waals surface area (Å²) in [4.78, 5) is 24.6. The molecule has 6 nitrogen and oxygen atoms in total. The third-order valence-electron chi connectivity index (χ3n) is 3.73. The smallest absolute Gasteiger partial charge is 0.229 e. The molecule has 3 rings (SSSR count).